The second kappa shape index (κ2) is 8.80. The highest BCUT2D eigenvalue weighted by Gasteiger charge is 2.36. The molecule has 8 nitrogen and oxygen atoms in total. The van der Waals surface area contributed by atoms with Crippen LogP contribution in [0.25, 0.3) is 0 Å². The van der Waals surface area contributed by atoms with E-state index in [-0.39, 0.29) is 29.5 Å². The van der Waals surface area contributed by atoms with Crippen LogP contribution in [0.3, 0.4) is 0 Å². The molecule has 1 unspecified atom stereocenters. The van der Waals surface area contributed by atoms with Crippen LogP contribution in [-0.4, -0.2) is 49.7 Å². The van der Waals surface area contributed by atoms with E-state index in [4.69, 9.17) is 19.9 Å². The number of nitriles is 1. The molecule has 0 bridgehead atoms. The number of morpholine rings is 1. The van der Waals surface area contributed by atoms with Crippen molar-refractivity contribution in [2.45, 2.75) is 19.8 Å². The highest BCUT2D eigenvalue weighted by atomic mass is 16.5. The van der Waals surface area contributed by atoms with Crippen molar-refractivity contribution < 1.29 is 23.8 Å². The van der Waals surface area contributed by atoms with Crippen molar-refractivity contribution in [1.82, 2.24) is 4.90 Å². The Bertz CT molecular complexity index is 905. The molecular weight excluding hydrogens is 374 g/mol. The molecule has 152 valence electrons. The molecule has 2 aliphatic rings. The van der Waals surface area contributed by atoms with Gasteiger partial charge in [0.25, 0.3) is 5.91 Å². The fourth-order valence-electron chi connectivity index (χ4n) is 3.46. The molecule has 2 N–H and O–H groups in total. The molecule has 0 saturated carbocycles. The zero-order chi connectivity index (χ0) is 21.0. The van der Waals surface area contributed by atoms with Crippen LogP contribution < -0.4 is 5.73 Å². The summed E-state index contributed by atoms with van der Waals surface area (Å²) in [6.45, 7) is 5.64. The number of benzene rings is 1. The van der Waals surface area contributed by atoms with Crippen LogP contribution in [0, 0.1) is 11.3 Å². The Morgan fingerprint density at radius 2 is 1.93 bits per heavy atom. The Hall–Kier alpha value is -3.31. The van der Waals surface area contributed by atoms with Gasteiger partial charge in [-0.25, -0.2) is 4.79 Å². The van der Waals surface area contributed by atoms with Crippen molar-refractivity contribution in [3.05, 3.63) is 58.2 Å². The predicted octanol–water partition coefficient (Wildman–Crippen LogP) is 1.80. The number of carbonyl (C=O) groups excluding carboxylic acids is 2. The molecule has 0 aliphatic carbocycles. The Balaban J connectivity index is 1.95. The first kappa shape index (κ1) is 20.4. The highest BCUT2D eigenvalue weighted by molar-refractivity contribution is 5.95. The van der Waals surface area contributed by atoms with Crippen LogP contribution in [0.5, 0.6) is 0 Å². The number of amides is 1. The van der Waals surface area contributed by atoms with Crippen LogP contribution in [0.1, 0.15) is 35.7 Å². The SMILES string of the molecule is CCOC(=O)C1=C(C)OC(N)=C(C#N)C1c1ccc(C(=O)N2CCOCC2)cc1. The van der Waals surface area contributed by atoms with Gasteiger partial charge in [-0.15, -0.1) is 0 Å². The largest absolute Gasteiger partial charge is 0.463 e. The topological polar surface area (TPSA) is 115 Å². The molecule has 1 amide bonds. The average Bonchev–Trinajstić information content (AvgIpc) is 2.73. The molecule has 8 heteroatoms. The summed E-state index contributed by atoms with van der Waals surface area (Å²) in [4.78, 5) is 26.9. The second-order valence-electron chi connectivity index (χ2n) is 6.64. The molecule has 1 aromatic carbocycles. The Kier molecular flexibility index (Phi) is 6.20. The third-order valence-corrected chi connectivity index (χ3v) is 4.89. The molecule has 3 rings (SSSR count). The van der Waals surface area contributed by atoms with E-state index in [1.165, 1.54) is 0 Å². The van der Waals surface area contributed by atoms with Crippen LogP contribution in [-0.2, 0) is 19.0 Å². The number of esters is 1. The van der Waals surface area contributed by atoms with E-state index in [2.05, 4.69) is 0 Å². The smallest absolute Gasteiger partial charge is 0.338 e. The third kappa shape index (κ3) is 4.10. The molecule has 0 spiro atoms. The number of ether oxygens (including phenoxy) is 3. The Morgan fingerprint density at radius 3 is 2.52 bits per heavy atom. The lowest BCUT2D eigenvalue weighted by atomic mass is 9.83. The van der Waals surface area contributed by atoms with Gasteiger partial charge in [0.1, 0.15) is 17.4 Å². The quantitative estimate of drug-likeness (QED) is 0.770. The molecule has 2 heterocycles. The van der Waals surface area contributed by atoms with E-state index in [0.717, 1.165) is 0 Å². The van der Waals surface area contributed by atoms with Gasteiger partial charge in [-0.3, -0.25) is 4.79 Å². The van der Waals surface area contributed by atoms with Crippen LogP contribution in [0.2, 0.25) is 0 Å². The lowest BCUT2D eigenvalue weighted by Crippen LogP contribution is -2.40. The van der Waals surface area contributed by atoms with E-state index in [0.29, 0.717) is 43.2 Å². The molecule has 1 fully saturated rings. The number of hydrogen-bond donors (Lipinski definition) is 1. The zero-order valence-electron chi connectivity index (χ0n) is 16.4. The fraction of sp³-hybridized carbons (Fsp3) is 0.381. The van der Waals surface area contributed by atoms with Gasteiger partial charge in [0.05, 0.1) is 31.3 Å². The third-order valence-electron chi connectivity index (χ3n) is 4.89. The summed E-state index contributed by atoms with van der Waals surface area (Å²) in [5, 5.41) is 9.61. The maximum absolute atomic E-state index is 12.7. The molecule has 1 atom stereocenters. The molecule has 1 saturated heterocycles. The summed E-state index contributed by atoms with van der Waals surface area (Å²) in [5.74, 6) is -1.13. The molecular formula is C21H23N3O5. The van der Waals surface area contributed by atoms with Crippen LogP contribution >= 0.6 is 0 Å². The van der Waals surface area contributed by atoms with Crippen LogP contribution in [0.15, 0.2) is 47.1 Å². The predicted molar refractivity (Wildman–Crippen MR) is 103 cm³/mol. The number of hydrogen-bond acceptors (Lipinski definition) is 7. The summed E-state index contributed by atoms with van der Waals surface area (Å²) in [6.07, 6.45) is 0. The van der Waals surface area contributed by atoms with Crippen molar-refractivity contribution >= 4 is 11.9 Å². The first-order chi connectivity index (χ1) is 14.0. The van der Waals surface area contributed by atoms with Gasteiger partial charge >= 0.3 is 5.97 Å². The van der Waals surface area contributed by atoms with E-state index in [1.807, 2.05) is 6.07 Å². The van der Waals surface area contributed by atoms with Crippen LogP contribution in [0.4, 0.5) is 0 Å². The number of nitrogens with two attached hydrogens (primary N) is 1. The summed E-state index contributed by atoms with van der Waals surface area (Å²) >= 11 is 0. The van der Waals surface area contributed by atoms with E-state index >= 15 is 0 Å². The monoisotopic (exact) mass is 397 g/mol. The van der Waals surface area contributed by atoms with Crippen molar-refractivity contribution in [3.63, 3.8) is 0 Å². The summed E-state index contributed by atoms with van der Waals surface area (Å²) in [7, 11) is 0. The van der Waals surface area contributed by atoms with Crippen molar-refractivity contribution in [3.8, 4) is 6.07 Å². The highest BCUT2D eigenvalue weighted by Crippen LogP contribution is 2.39. The van der Waals surface area contributed by atoms with E-state index in [1.54, 1.807) is 43.0 Å². The number of carbonyl (C=O) groups is 2. The van der Waals surface area contributed by atoms with Gasteiger partial charge in [-0.2, -0.15) is 5.26 Å². The lowest BCUT2D eigenvalue weighted by molar-refractivity contribution is -0.139. The molecule has 1 aromatic rings. The number of nitrogens with zero attached hydrogens (tertiary/aromatic N) is 2. The van der Waals surface area contributed by atoms with E-state index < -0.39 is 11.9 Å². The summed E-state index contributed by atoms with van der Waals surface area (Å²) < 4.78 is 15.8. The Labute approximate surface area is 169 Å². The molecule has 29 heavy (non-hydrogen) atoms. The summed E-state index contributed by atoms with van der Waals surface area (Å²) in [6, 6.07) is 8.86. The molecule has 0 aromatic heterocycles. The normalized spacial score (nSPS) is 19.5. The minimum atomic E-state index is -0.722. The van der Waals surface area contributed by atoms with Gasteiger partial charge < -0.3 is 24.8 Å². The minimum Gasteiger partial charge on any atom is -0.463 e. The van der Waals surface area contributed by atoms with Gasteiger partial charge in [-0.1, -0.05) is 12.1 Å². The number of allylic oxidation sites excluding steroid dienone is 2. The standard InChI is InChI=1S/C21H23N3O5/c1-3-28-21(26)17-13(2)29-19(23)16(12-22)18(17)14-4-6-15(7-5-14)20(25)24-8-10-27-11-9-24/h4-7,18H,3,8-11,23H2,1-2H3. The fourth-order valence-corrected chi connectivity index (χ4v) is 3.46. The van der Waals surface area contributed by atoms with E-state index in [9.17, 15) is 14.9 Å². The first-order valence-electron chi connectivity index (χ1n) is 9.40. The maximum Gasteiger partial charge on any atom is 0.338 e. The number of rotatable bonds is 4. The zero-order valence-corrected chi connectivity index (χ0v) is 16.4. The van der Waals surface area contributed by atoms with Gasteiger partial charge in [0.2, 0.25) is 5.88 Å². The Morgan fingerprint density at radius 1 is 1.28 bits per heavy atom. The van der Waals surface area contributed by atoms with Gasteiger partial charge in [0, 0.05) is 18.7 Å². The maximum atomic E-state index is 12.7. The van der Waals surface area contributed by atoms with Crippen molar-refractivity contribution in [2.75, 3.05) is 32.9 Å². The minimum absolute atomic E-state index is 0.0449. The van der Waals surface area contributed by atoms with Gasteiger partial charge in [0.15, 0.2) is 0 Å². The lowest BCUT2D eigenvalue weighted by Gasteiger charge is -2.28. The van der Waals surface area contributed by atoms with Crippen molar-refractivity contribution in [2.24, 2.45) is 5.73 Å². The first-order valence-corrected chi connectivity index (χ1v) is 9.40. The van der Waals surface area contributed by atoms with Crippen molar-refractivity contribution in [1.29, 1.82) is 5.26 Å². The van der Waals surface area contributed by atoms with Gasteiger partial charge in [-0.05, 0) is 31.5 Å². The average molecular weight is 397 g/mol. The molecule has 0 radical (unpaired) electrons. The second-order valence-corrected chi connectivity index (χ2v) is 6.64. The molecule has 2 aliphatic heterocycles. The summed E-state index contributed by atoms with van der Waals surface area (Å²) in [5.41, 5.74) is 7.42.